The van der Waals surface area contributed by atoms with E-state index in [1.165, 1.54) is 0 Å². The van der Waals surface area contributed by atoms with Crippen LogP contribution in [0.1, 0.15) is 43.2 Å². The van der Waals surface area contributed by atoms with Crippen LogP contribution in [-0.4, -0.2) is 10.2 Å². The molecule has 24 heavy (non-hydrogen) atoms. The van der Waals surface area contributed by atoms with Crippen molar-refractivity contribution in [2.24, 2.45) is 0 Å². The molecule has 0 aromatic heterocycles. The number of hydrogen-bond acceptors (Lipinski definition) is 2. The van der Waals surface area contributed by atoms with E-state index in [0.29, 0.717) is 10.0 Å². The SMILES string of the molecule is Oc1ccc(C2(c3ccc(O)c(Cl)c3Cl)CCCCC2)c(Cl)c1Cl. The van der Waals surface area contributed by atoms with Crippen molar-refractivity contribution < 1.29 is 10.2 Å². The minimum atomic E-state index is -0.443. The zero-order valence-corrected chi connectivity index (χ0v) is 15.8. The van der Waals surface area contributed by atoms with Crippen LogP contribution in [0.4, 0.5) is 0 Å². The van der Waals surface area contributed by atoms with E-state index < -0.39 is 5.41 Å². The van der Waals surface area contributed by atoms with Gasteiger partial charge in [0.2, 0.25) is 0 Å². The van der Waals surface area contributed by atoms with Gasteiger partial charge in [-0.3, -0.25) is 0 Å². The summed E-state index contributed by atoms with van der Waals surface area (Å²) in [5, 5.41) is 20.6. The number of halogens is 4. The molecule has 1 saturated carbocycles. The molecule has 0 saturated heterocycles. The van der Waals surface area contributed by atoms with Gasteiger partial charge in [0, 0.05) is 5.41 Å². The largest absolute Gasteiger partial charge is 0.506 e. The normalized spacial score (nSPS) is 17.0. The van der Waals surface area contributed by atoms with E-state index >= 15 is 0 Å². The highest BCUT2D eigenvalue weighted by Crippen LogP contribution is 2.53. The Morgan fingerprint density at radius 2 is 1.04 bits per heavy atom. The Kier molecular flexibility index (Phi) is 5.13. The third kappa shape index (κ3) is 2.84. The van der Waals surface area contributed by atoms with Gasteiger partial charge in [-0.05, 0) is 36.1 Å². The first-order chi connectivity index (χ1) is 11.4. The van der Waals surface area contributed by atoms with Crippen LogP contribution in [0, 0.1) is 0 Å². The molecule has 1 aliphatic rings. The van der Waals surface area contributed by atoms with Crippen molar-refractivity contribution in [3.05, 3.63) is 55.5 Å². The molecule has 0 unspecified atom stereocenters. The first-order valence-corrected chi connectivity index (χ1v) is 9.24. The molecular formula is C18H16Cl4O2. The molecule has 128 valence electrons. The second kappa shape index (κ2) is 6.84. The molecule has 2 aromatic rings. The van der Waals surface area contributed by atoms with E-state index in [1.54, 1.807) is 24.3 Å². The molecular weight excluding hydrogens is 390 g/mol. The van der Waals surface area contributed by atoms with Gasteiger partial charge in [-0.15, -0.1) is 0 Å². The summed E-state index contributed by atoms with van der Waals surface area (Å²) in [5.41, 5.74) is 1.21. The lowest BCUT2D eigenvalue weighted by atomic mass is 9.65. The lowest BCUT2D eigenvalue weighted by molar-refractivity contribution is 0.345. The van der Waals surface area contributed by atoms with Gasteiger partial charge in [0.15, 0.2) is 0 Å². The Morgan fingerprint density at radius 1 is 0.625 bits per heavy atom. The van der Waals surface area contributed by atoms with Gasteiger partial charge >= 0.3 is 0 Å². The number of aromatic hydroxyl groups is 2. The van der Waals surface area contributed by atoms with E-state index in [0.717, 1.165) is 43.2 Å². The van der Waals surface area contributed by atoms with Gasteiger partial charge in [0.1, 0.15) is 21.5 Å². The highest BCUT2D eigenvalue weighted by Gasteiger charge is 2.40. The van der Waals surface area contributed by atoms with Crippen LogP contribution < -0.4 is 0 Å². The smallest absolute Gasteiger partial charge is 0.135 e. The van der Waals surface area contributed by atoms with E-state index in [-0.39, 0.29) is 21.5 Å². The van der Waals surface area contributed by atoms with Gasteiger partial charge in [-0.1, -0.05) is 77.8 Å². The minimum absolute atomic E-state index is 0.0498. The van der Waals surface area contributed by atoms with Gasteiger partial charge in [-0.25, -0.2) is 0 Å². The van der Waals surface area contributed by atoms with Crippen molar-refractivity contribution in [1.82, 2.24) is 0 Å². The molecule has 2 aromatic carbocycles. The second-order valence-corrected chi connectivity index (χ2v) is 7.68. The average Bonchev–Trinajstić information content (AvgIpc) is 2.58. The Bertz CT molecular complexity index is 724. The lowest BCUT2D eigenvalue weighted by Gasteiger charge is -2.40. The minimum Gasteiger partial charge on any atom is -0.506 e. The van der Waals surface area contributed by atoms with Gasteiger partial charge in [0.25, 0.3) is 0 Å². The number of hydrogen-bond donors (Lipinski definition) is 2. The fourth-order valence-electron chi connectivity index (χ4n) is 3.66. The van der Waals surface area contributed by atoms with Crippen LogP contribution in [0.3, 0.4) is 0 Å². The summed E-state index contributed by atoms with van der Waals surface area (Å²) in [5.74, 6) is -0.0996. The summed E-state index contributed by atoms with van der Waals surface area (Å²) in [6, 6.07) is 6.70. The van der Waals surface area contributed by atoms with Crippen molar-refractivity contribution in [1.29, 1.82) is 0 Å². The predicted molar refractivity (Wildman–Crippen MR) is 100 cm³/mol. The van der Waals surface area contributed by atoms with E-state index in [1.807, 2.05) is 0 Å². The molecule has 1 fully saturated rings. The molecule has 2 nitrogen and oxygen atoms in total. The summed E-state index contributed by atoms with van der Waals surface area (Å²) in [7, 11) is 0. The van der Waals surface area contributed by atoms with E-state index in [9.17, 15) is 10.2 Å². The Morgan fingerprint density at radius 3 is 1.46 bits per heavy atom. The molecule has 0 spiro atoms. The molecule has 3 rings (SSSR count). The second-order valence-electron chi connectivity index (χ2n) is 6.16. The maximum atomic E-state index is 9.82. The number of rotatable bonds is 2. The molecule has 0 amide bonds. The van der Waals surface area contributed by atoms with Crippen LogP contribution in [0.5, 0.6) is 11.5 Å². The van der Waals surface area contributed by atoms with Crippen LogP contribution in [-0.2, 0) is 5.41 Å². The lowest BCUT2D eigenvalue weighted by Crippen LogP contribution is -2.31. The number of benzene rings is 2. The third-order valence-corrected chi connectivity index (χ3v) is 6.61. The van der Waals surface area contributed by atoms with Crippen LogP contribution >= 0.6 is 46.4 Å². The van der Waals surface area contributed by atoms with Crippen molar-refractivity contribution in [2.45, 2.75) is 37.5 Å². The third-order valence-electron chi connectivity index (χ3n) is 4.86. The summed E-state index contributed by atoms with van der Waals surface area (Å²) < 4.78 is 0. The monoisotopic (exact) mass is 404 g/mol. The van der Waals surface area contributed by atoms with Crippen LogP contribution in [0.2, 0.25) is 20.1 Å². The zero-order chi connectivity index (χ0) is 17.5. The quantitative estimate of drug-likeness (QED) is 0.566. The van der Waals surface area contributed by atoms with E-state index in [4.69, 9.17) is 46.4 Å². The fourth-order valence-corrected chi connectivity index (χ4v) is 4.67. The first kappa shape index (κ1) is 18.0. The van der Waals surface area contributed by atoms with Crippen molar-refractivity contribution >= 4 is 46.4 Å². The molecule has 1 aliphatic carbocycles. The van der Waals surface area contributed by atoms with Gasteiger partial charge < -0.3 is 10.2 Å². The van der Waals surface area contributed by atoms with Gasteiger partial charge in [0.05, 0.1) is 10.0 Å². The Hall–Kier alpha value is -0.800. The summed E-state index contributed by atoms with van der Waals surface area (Å²) in [4.78, 5) is 0. The van der Waals surface area contributed by atoms with Crippen LogP contribution in [0.15, 0.2) is 24.3 Å². The van der Waals surface area contributed by atoms with Crippen molar-refractivity contribution in [3.63, 3.8) is 0 Å². The summed E-state index contributed by atoms with van der Waals surface area (Å²) >= 11 is 25.3. The number of phenols is 2. The average molecular weight is 406 g/mol. The topological polar surface area (TPSA) is 40.5 Å². The molecule has 2 N–H and O–H groups in total. The fraction of sp³-hybridized carbons (Fsp3) is 0.333. The molecule has 0 radical (unpaired) electrons. The van der Waals surface area contributed by atoms with Crippen molar-refractivity contribution in [2.75, 3.05) is 0 Å². The highest BCUT2D eigenvalue weighted by atomic mass is 35.5. The summed E-state index contributed by atoms with van der Waals surface area (Å²) in [6.07, 6.45) is 4.85. The highest BCUT2D eigenvalue weighted by molar-refractivity contribution is 6.44. The molecule has 6 heteroatoms. The van der Waals surface area contributed by atoms with Gasteiger partial charge in [-0.2, -0.15) is 0 Å². The predicted octanol–water partition coefficient (Wildman–Crippen LogP) is 6.96. The maximum Gasteiger partial charge on any atom is 0.135 e. The number of phenolic OH excluding ortho intramolecular Hbond substituents is 2. The maximum absolute atomic E-state index is 9.82. The molecule has 0 aliphatic heterocycles. The van der Waals surface area contributed by atoms with Crippen LogP contribution in [0.25, 0.3) is 0 Å². The standard InChI is InChI=1S/C18H16Cl4O2/c19-14-10(4-6-12(23)16(14)21)18(8-2-1-3-9-18)11-5-7-13(24)17(22)15(11)20/h4-7,23-24H,1-3,8-9H2. The molecule has 0 heterocycles. The Labute approximate surface area is 160 Å². The molecule has 0 atom stereocenters. The first-order valence-electron chi connectivity index (χ1n) is 7.73. The zero-order valence-electron chi connectivity index (χ0n) is 12.8. The summed E-state index contributed by atoms with van der Waals surface area (Å²) in [6.45, 7) is 0. The molecule has 0 bridgehead atoms. The Balaban J connectivity index is 2.28. The van der Waals surface area contributed by atoms with Crippen molar-refractivity contribution in [3.8, 4) is 11.5 Å². The van der Waals surface area contributed by atoms with E-state index in [2.05, 4.69) is 0 Å².